The fourth-order valence-corrected chi connectivity index (χ4v) is 3.71. The van der Waals surface area contributed by atoms with Crippen LogP contribution in [-0.4, -0.2) is 60.3 Å². The van der Waals surface area contributed by atoms with Crippen LogP contribution in [0.2, 0.25) is 0 Å². The minimum atomic E-state index is -0.0671. The minimum absolute atomic E-state index is 0.0488. The molecule has 0 aliphatic carbocycles. The van der Waals surface area contributed by atoms with Gasteiger partial charge in [0, 0.05) is 50.4 Å². The summed E-state index contributed by atoms with van der Waals surface area (Å²) in [4.78, 5) is 27.1. The highest BCUT2D eigenvalue weighted by Crippen LogP contribution is 2.25. The molecule has 2 heterocycles. The van der Waals surface area contributed by atoms with Gasteiger partial charge in [-0.2, -0.15) is 5.10 Å². The monoisotopic (exact) mass is 414 g/mol. The number of hydrogen-bond acceptors (Lipinski definition) is 5. The van der Waals surface area contributed by atoms with Gasteiger partial charge in [0.2, 0.25) is 5.91 Å². The van der Waals surface area contributed by atoms with Crippen molar-refractivity contribution in [3.8, 4) is 11.5 Å². The second kappa shape index (κ2) is 10.1. The smallest absolute Gasteiger partial charge is 0.254 e. The van der Waals surface area contributed by atoms with Crippen LogP contribution in [0.3, 0.4) is 0 Å². The number of aryl methyl sites for hydroxylation is 2. The molecule has 1 fully saturated rings. The zero-order valence-electron chi connectivity index (χ0n) is 17.9. The molecule has 30 heavy (non-hydrogen) atoms. The number of nitrogens with zero attached hydrogens (tertiary/aromatic N) is 3. The number of benzene rings is 1. The van der Waals surface area contributed by atoms with E-state index in [4.69, 9.17) is 9.47 Å². The molecule has 1 aliphatic heterocycles. The molecular weight excluding hydrogens is 384 g/mol. The number of amides is 2. The summed E-state index contributed by atoms with van der Waals surface area (Å²) in [5.41, 5.74) is 1.71. The number of ether oxygens (including phenoxy) is 2. The van der Waals surface area contributed by atoms with Gasteiger partial charge in [-0.15, -0.1) is 0 Å². The van der Waals surface area contributed by atoms with E-state index in [9.17, 15) is 9.59 Å². The molecule has 0 bridgehead atoms. The van der Waals surface area contributed by atoms with Gasteiger partial charge < -0.3 is 19.7 Å². The summed E-state index contributed by atoms with van der Waals surface area (Å²) in [6.07, 6.45) is 6.96. The van der Waals surface area contributed by atoms with Crippen molar-refractivity contribution in [1.82, 2.24) is 20.0 Å². The number of carbonyl (C=O) groups excluding carboxylic acids is 2. The van der Waals surface area contributed by atoms with Gasteiger partial charge in [-0.25, -0.2) is 0 Å². The second-order valence-corrected chi connectivity index (χ2v) is 7.58. The maximum absolute atomic E-state index is 12.9. The van der Waals surface area contributed by atoms with Crippen molar-refractivity contribution >= 4 is 11.8 Å². The van der Waals surface area contributed by atoms with Crippen LogP contribution in [0.1, 0.15) is 35.2 Å². The SMILES string of the molecule is COc1cc(OC)cc(C(=O)N2CCC(C(=O)NCCCc3cnn(C)c3)CC2)c1. The van der Waals surface area contributed by atoms with Gasteiger partial charge in [-0.3, -0.25) is 14.3 Å². The van der Waals surface area contributed by atoms with E-state index < -0.39 is 0 Å². The van der Waals surface area contributed by atoms with Crippen molar-refractivity contribution < 1.29 is 19.1 Å². The second-order valence-electron chi connectivity index (χ2n) is 7.58. The van der Waals surface area contributed by atoms with Crippen molar-refractivity contribution in [2.24, 2.45) is 13.0 Å². The Balaban J connectivity index is 1.44. The van der Waals surface area contributed by atoms with E-state index in [0.717, 1.165) is 12.8 Å². The van der Waals surface area contributed by atoms with E-state index in [0.29, 0.717) is 49.5 Å². The third-order valence-corrected chi connectivity index (χ3v) is 5.45. The topological polar surface area (TPSA) is 85.7 Å². The van der Waals surface area contributed by atoms with Crippen molar-refractivity contribution in [3.63, 3.8) is 0 Å². The van der Waals surface area contributed by atoms with Gasteiger partial charge in [0.25, 0.3) is 5.91 Å². The van der Waals surface area contributed by atoms with Crippen LogP contribution in [-0.2, 0) is 18.3 Å². The van der Waals surface area contributed by atoms with Crippen molar-refractivity contribution in [3.05, 3.63) is 41.7 Å². The van der Waals surface area contributed by atoms with Crippen LogP contribution in [0.15, 0.2) is 30.6 Å². The fraction of sp³-hybridized carbons (Fsp3) is 0.500. The van der Waals surface area contributed by atoms with Crippen LogP contribution < -0.4 is 14.8 Å². The van der Waals surface area contributed by atoms with E-state index in [1.165, 1.54) is 5.56 Å². The Hall–Kier alpha value is -3.03. The van der Waals surface area contributed by atoms with Crippen LogP contribution in [0.5, 0.6) is 11.5 Å². The Morgan fingerprint density at radius 2 is 1.80 bits per heavy atom. The summed E-state index contributed by atoms with van der Waals surface area (Å²) < 4.78 is 12.3. The standard InChI is InChI=1S/C22H30N4O4/c1-25-15-16(14-24-25)5-4-8-23-21(27)17-6-9-26(10-7-17)22(28)18-11-19(29-2)13-20(12-18)30-3/h11-15,17H,4-10H2,1-3H3,(H,23,27). The molecular formula is C22H30N4O4. The van der Waals surface area contributed by atoms with Crippen molar-refractivity contribution in [2.45, 2.75) is 25.7 Å². The van der Waals surface area contributed by atoms with E-state index in [-0.39, 0.29) is 17.7 Å². The van der Waals surface area contributed by atoms with E-state index in [2.05, 4.69) is 10.4 Å². The predicted octanol–water partition coefficient (Wildman–Crippen LogP) is 2.04. The Bertz CT molecular complexity index is 850. The number of aromatic nitrogens is 2. The Morgan fingerprint density at radius 3 is 2.37 bits per heavy atom. The summed E-state index contributed by atoms with van der Waals surface area (Å²) in [5.74, 6) is 1.13. The van der Waals surface area contributed by atoms with Gasteiger partial charge in [0.1, 0.15) is 11.5 Å². The summed E-state index contributed by atoms with van der Waals surface area (Å²) >= 11 is 0. The normalized spacial score (nSPS) is 14.4. The lowest BCUT2D eigenvalue weighted by Crippen LogP contribution is -2.43. The summed E-state index contributed by atoms with van der Waals surface area (Å²) in [6, 6.07) is 5.17. The first-order valence-electron chi connectivity index (χ1n) is 10.3. The Kier molecular flexibility index (Phi) is 7.32. The van der Waals surface area contributed by atoms with Gasteiger partial charge in [-0.1, -0.05) is 0 Å². The largest absolute Gasteiger partial charge is 0.497 e. The summed E-state index contributed by atoms with van der Waals surface area (Å²) in [5, 5.41) is 7.18. The predicted molar refractivity (Wildman–Crippen MR) is 113 cm³/mol. The summed E-state index contributed by atoms with van der Waals surface area (Å²) in [7, 11) is 5.01. The maximum atomic E-state index is 12.9. The number of carbonyl (C=O) groups is 2. The molecule has 2 aromatic rings. The van der Waals surface area contributed by atoms with E-state index in [1.54, 1.807) is 42.0 Å². The van der Waals surface area contributed by atoms with Crippen LogP contribution in [0, 0.1) is 5.92 Å². The lowest BCUT2D eigenvalue weighted by Gasteiger charge is -2.31. The number of likely N-dealkylation sites (tertiary alicyclic amines) is 1. The lowest BCUT2D eigenvalue weighted by atomic mass is 9.95. The number of methoxy groups -OCH3 is 2. The molecule has 162 valence electrons. The highest BCUT2D eigenvalue weighted by Gasteiger charge is 2.28. The van der Waals surface area contributed by atoms with Crippen LogP contribution >= 0.6 is 0 Å². The van der Waals surface area contributed by atoms with Crippen molar-refractivity contribution in [2.75, 3.05) is 33.9 Å². The van der Waals surface area contributed by atoms with Crippen molar-refractivity contribution in [1.29, 1.82) is 0 Å². The van der Waals surface area contributed by atoms with E-state index in [1.807, 2.05) is 19.4 Å². The first-order chi connectivity index (χ1) is 14.5. The molecule has 1 saturated heterocycles. The van der Waals surface area contributed by atoms with E-state index >= 15 is 0 Å². The number of piperidine rings is 1. The molecule has 1 aliphatic rings. The first kappa shape index (κ1) is 21.7. The number of nitrogens with one attached hydrogen (secondary N) is 1. The zero-order chi connectivity index (χ0) is 21.5. The minimum Gasteiger partial charge on any atom is -0.497 e. The average Bonchev–Trinajstić information content (AvgIpc) is 3.20. The van der Waals surface area contributed by atoms with Crippen LogP contribution in [0.4, 0.5) is 0 Å². The molecule has 0 saturated carbocycles. The summed E-state index contributed by atoms with van der Waals surface area (Å²) in [6.45, 7) is 1.77. The molecule has 0 radical (unpaired) electrons. The highest BCUT2D eigenvalue weighted by molar-refractivity contribution is 5.95. The van der Waals surface area contributed by atoms with Gasteiger partial charge in [0.15, 0.2) is 0 Å². The van der Waals surface area contributed by atoms with Crippen LogP contribution in [0.25, 0.3) is 0 Å². The molecule has 1 aromatic carbocycles. The van der Waals surface area contributed by atoms with Gasteiger partial charge in [0.05, 0.1) is 20.4 Å². The number of hydrogen-bond donors (Lipinski definition) is 1. The molecule has 1 N–H and O–H groups in total. The molecule has 3 rings (SSSR count). The fourth-order valence-electron chi connectivity index (χ4n) is 3.71. The zero-order valence-corrected chi connectivity index (χ0v) is 17.9. The van der Waals surface area contributed by atoms with Gasteiger partial charge >= 0.3 is 0 Å². The third kappa shape index (κ3) is 5.52. The lowest BCUT2D eigenvalue weighted by molar-refractivity contribution is -0.126. The molecule has 0 unspecified atom stereocenters. The molecule has 2 amide bonds. The quantitative estimate of drug-likeness (QED) is 0.668. The third-order valence-electron chi connectivity index (χ3n) is 5.45. The molecule has 0 atom stereocenters. The average molecular weight is 415 g/mol. The first-order valence-corrected chi connectivity index (χ1v) is 10.3. The molecule has 1 aromatic heterocycles. The molecule has 8 nitrogen and oxygen atoms in total. The maximum Gasteiger partial charge on any atom is 0.254 e. The molecule has 8 heteroatoms. The number of rotatable bonds is 8. The molecule has 0 spiro atoms. The Labute approximate surface area is 177 Å². The highest BCUT2D eigenvalue weighted by atomic mass is 16.5. The van der Waals surface area contributed by atoms with Gasteiger partial charge in [-0.05, 0) is 43.4 Å². The Morgan fingerprint density at radius 1 is 1.13 bits per heavy atom.